The van der Waals surface area contributed by atoms with E-state index in [4.69, 9.17) is 11.5 Å². The fourth-order valence-electron chi connectivity index (χ4n) is 0.542. The monoisotopic (exact) mass is 195 g/mol. The number of nitrogens with one attached hydrogen (secondary N) is 1. The quantitative estimate of drug-likeness (QED) is 0.237. The highest BCUT2D eigenvalue weighted by atomic mass is 35.5. The van der Waals surface area contributed by atoms with E-state index in [2.05, 4.69) is 9.73 Å². The summed E-state index contributed by atoms with van der Waals surface area (Å²) in [5, 5.41) is 0. The summed E-state index contributed by atoms with van der Waals surface area (Å²) in [6.45, 7) is 2.58. The fourth-order valence-corrected chi connectivity index (χ4v) is 0.542. The van der Waals surface area contributed by atoms with Crippen LogP contribution >= 0.6 is 0 Å². The topological polar surface area (TPSA) is 92.3 Å². The van der Waals surface area contributed by atoms with Crippen molar-refractivity contribution in [3.63, 3.8) is 0 Å². The summed E-state index contributed by atoms with van der Waals surface area (Å²) >= 11 is 0. The maximum absolute atomic E-state index is 10.7. The largest absolute Gasteiger partial charge is 1.00 e. The van der Waals surface area contributed by atoms with Gasteiger partial charge >= 0.3 is 11.9 Å². The Morgan fingerprint density at radius 3 is 2.50 bits per heavy atom. The highest BCUT2D eigenvalue weighted by molar-refractivity contribution is 5.70. The number of carbonyl (C=O) groups is 1. The van der Waals surface area contributed by atoms with Crippen LogP contribution < -0.4 is 28.9 Å². The predicted octanol–water partition coefficient (Wildman–Crippen LogP) is -5.70. The molecule has 0 unspecified atom stereocenters. The molecule has 0 rings (SSSR count). The molecule has 0 aliphatic rings. The number of nitrogens with two attached hydrogens (primary N) is 2. The van der Waals surface area contributed by atoms with E-state index >= 15 is 0 Å². The molecule has 0 aromatic rings. The van der Waals surface area contributed by atoms with Crippen LogP contribution in [-0.2, 0) is 9.53 Å². The standard InChI is InChI=1S/C6H13N3O2.ClH/c1-2-11-5(10)3-4-9-6(7)8;/h2-4H2,1H3,(H4,7,8,9);1H. The Bertz CT molecular complexity index is 157. The van der Waals surface area contributed by atoms with E-state index in [9.17, 15) is 4.79 Å². The van der Waals surface area contributed by atoms with Crippen molar-refractivity contribution >= 4 is 11.9 Å². The van der Waals surface area contributed by atoms with Crippen molar-refractivity contribution in [2.75, 3.05) is 13.2 Å². The third-order valence-corrected chi connectivity index (χ3v) is 0.964. The molecule has 5 nitrogen and oxygen atoms in total. The van der Waals surface area contributed by atoms with Crippen molar-refractivity contribution in [1.82, 2.24) is 0 Å². The lowest BCUT2D eigenvalue weighted by molar-refractivity contribution is -0.458. The number of rotatable bonds is 4. The molecule has 0 saturated heterocycles. The summed E-state index contributed by atoms with van der Waals surface area (Å²) in [5.41, 5.74) is 10.2. The van der Waals surface area contributed by atoms with Crippen molar-refractivity contribution in [1.29, 1.82) is 0 Å². The van der Waals surface area contributed by atoms with Gasteiger partial charge in [-0.1, -0.05) is 0 Å². The molecule has 12 heavy (non-hydrogen) atoms. The molecule has 0 aliphatic heterocycles. The maximum atomic E-state index is 10.7. The van der Waals surface area contributed by atoms with Crippen LogP contribution in [0.2, 0.25) is 0 Å². The van der Waals surface area contributed by atoms with Gasteiger partial charge in [-0.2, -0.15) is 0 Å². The molecule has 0 bridgehead atoms. The first-order valence-corrected chi connectivity index (χ1v) is 3.44. The lowest BCUT2D eigenvalue weighted by Gasteiger charge is -1.97. The summed E-state index contributed by atoms with van der Waals surface area (Å²) < 4.78 is 4.65. The Kier molecular flexibility index (Phi) is 9.22. The smallest absolute Gasteiger partial charge is 0.338 e. The second kappa shape index (κ2) is 8.13. The van der Waals surface area contributed by atoms with Crippen LogP contribution in [0.3, 0.4) is 0 Å². The van der Waals surface area contributed by atoms with Gasteiger partial charge in [-0.15, -0.1) is 0 Å². The Hall–Kier alpha value is -0.970. The van der Waals surface area contributed by atoms with E-state index in [1.54, 1.807) is 6.92 Å². The van der Waals surface area contributed by atoms with E-state index in [0.29, 0.717) is 13.2 Å². The molecule has 0 fully saturated rings. The van der Waals surface area contributed by atoms with Crippen LogP contribution in [0.5, 0.6) is 0 Å². The molecule has 0 aliphatic carbocycles. The molecule has 0 radical (unpaired) electrons. The molecule has 0 amide bonds. The minimum atomic E-state index is -0.249. The van der Waals surface area contributed by atoms with Gasteiger partial charge in [0.1, 0.15) is 0 Å². The minimum Gasteiger partial charge on any atom is -1.00 e. The van der Waals surface area contributed by atoms with Crippen molar-refractivity contribution in [2.24, 2.45) is 11.5 Å². The van der Waals surface area contributed by atoms with Crippen LogP contribution in [0.1, 0.15) is 13.3 Å². The van der Waals surface area contributed by atoms with E-state index in [0.717, 1.165) is 0 Å². The van der Waals surface area contributed by atoms with Gasteiger partial charge in [0.2, 0.25) is 0 Å². The summed E-state index contributed by atoms with van der Waals surface area (Å²) in [7, 11) is 0. The first kappa shape index (κ1) is 13.6. The molecule has 72 valence electrons. The Morgan fingerprint density at radius 1 is 1.50 bits per heavy atom. The average molecular weight is 196 g/mol. The van der Waals surface area contributed by atoms with Crippen molar-refractivity contribution in [3.8, 4) is 0 Å². The van der Waals surface area contributed by atoms with Crippen LogP contribution in [0.4, 0.5) is 0 Å². The molecule has 0 saturated carbocycles. The third kappa shape index (κ3) is 9.03. The predicted molar refractivity (Wildman–Crippen MR) is 40.5 cm³/mol. The maximum Gasteiger partial charge on any atom is 0.338 e. The SMILES string of the molecule is CCOC(=O)CC[NH+]=C(N)N.[Cl-]. The van der Waals surface area contributed by atoms with E-state index in [1.807, 2.05) is 0 Å². The van der Waals surface area contributed by atoms with Crippen molar-refractivity contribution in [2.45, 2.75) is 13.3 Å². The van der Waals surface area contributed by atoms with Gasteiger partial charge in [0.15, 0.2) is 0 Å². The zero-order valence-corrected chi connectivity index (χ0v) is 7.73. The lowest BCUT2D eigenvalue weighted by Crippen LogP contribution is -3.00. The number of hydrogen-bond acceptors (Lipinski definition) is 2. The van der Waals surface area contributed by atoms with Crippen LogP contribution in [0.25, 0.3) is 0 Å². The number of carbonyl (C=O) groups excluding carboxylic acids is 1. The van der Waals surface area contributed by atoms with E-state index < -0.39 is 0 Å². The molecule has 5 N–H and O–H groups in total. The Morgan fingerprint density at radius 2 is 2.08 bits per heavy atom. The summed E-state index contributed by atoms with van der Waals surface area (Å²) in [6, 6.07) is 0. The molecular weight excluding hydrogens is 182 g/mol. The second-order valence-corrected chi connectivity index (χ2v) is 1.94. The molecule has 0 heterocycles. The first-order chi connectivity index (χ1) is 5.16. The van der Waals surface area contributed by atoms with E-state index in [-0.39, 0.29) is 30.8 Å². The zero-order chi connectivity index (χ0) is 8.69. The molecule has 0 aromatic heterocycles. The van der Waals surface area contributed by atoms with Crippen molar-refractivity contribution < 1.29 is 26.9 Å². The lowest BCUT2D eigenvalue weighted by atomic mass is 10.4. The number of halogens is 1. The summed E-state index contributed by atoms with van der Waals surface area (Å²) in [4.78, 5) is 13.3. The van der Waals surface area contributed by atoms with Gasteiger partial charge in [0, 0.05) is 0 Å². The van der Waals surface area contributed by atoms with Crippen LogP contribution in [-0.4, -0.2) is 25.1 Å². The Balaban J connectivity index is 0. The zero-order valence-electron chi connectivity index (χ0n) is 6.97. The van der Waals surface area contributed by atoms with E-state index in [1.165, 1.54) is 0 Å². The number of hydrogen-bond donors (Lipinski definition) is 3. The van der Waals surface area contributed by atoms with Gasteiger partial charge in [-0.05, 0) is 6.92 Å². The number of ether oxygens (including phenoxy) is 1. The van der Waals surface area contributed by atoms with Gasteiger partial charge in [0.25, 0.3) is 0 Å². The summed E-state index contributed by atoms with van der Waals surface area (Å²) in [5.74, 6) is -0.129. The molecular formula is C6H14ClN3O2. The van der Waals surface area contributed by atoms with Crippen molar-refractivity contribution in [3.05, 3.63) is 0 Å². The average Bonchev–Trinajstić information content (AvgIpc) is 1.87. The van der Waals surface area contributed by atoms with Gasteiger partial charge in [0.05, 0.1) is 19.6 Å². The Labute approximate surface area is 77.6 Å². The number of guanidine groups is 1. The highest BCUT2D eigenvalue weighted by Gasteiger charge is 1.99. The van der Waals surface area contributed by atoms with Gasteiger partial charge < -0.3 is 17.1 Å². The summed E-state index contributed by atoms with van der Waals surface area (Å²) in [6.07, 6.45) is 0.283. The number of esters is 1. The molecule has 0 aromatic carbocycles. The molecule has 0 atom stereocenters. The first-order valence-electron chi connectivity index (χ1n) is 3.44. The fraction of sp³-hybridized carbons (Fsp3) is 0.667. The molecule has 6 heteroatoms. The normalized spacial score (nSPS) is 8.08. The molecule has 0 spiro atoms. The second-order valence-electron chi connectivity index (χ2n) is 1.94. The highest BCUT2D eigenvalue weighted by Crippen LogP contribution is 1.80. The minimum absolute atomic E-state index is 0. The van der Waals surface area contributed by atoms with Gasteiger partial charge in [-0.25, -0.2) is 0 Å². The third-order valence-electron chi connectivity index (χ3n) is 0.964. The van der Waals surface area contributed by atoms with Crippen LogP contribution in [0.15, 0.2) is 0 Å². The van der Waals surface area contributed by atoms with Gasteiger partial charge in [-0.3, -0.25) is 21.3 Å². The van der Waals surface area contributed by atoms with Crippen LogP contribution in [0, 0.1) is 0 Å².